The Bertz CT molecular complexity index is 224. The van der Waals surface area contributed by atoms with Gasteiger partial charge in [0.1, 0.15) is 5.75 Å². The number of hydrogen-bond acceptors (Lipinski definition) is 3. The number of sulfone groups is 1. The third kappa shape index (κ3) is 8.05. The standard InChI is InChI=1S/C5H10INO3S/c1-11(9,10)4-5(8)7-3-2-6/h2-4H2,1H3,(H,7,8). The first-order chi connectivity index (χ1) is 4.95. The lowest BCUT2D eigenvalue weighted by Crippen LogP contribution is -2.31. The molecule has 1 amide bonds. The van der Waals surface area contributed by atoms with E-state index in [0.717, 1.165) is 10.7 Å². The van der Waals surface area contributed by atoms with E-state index in [0.29, 0.717) is 6.54 Å². The minimum Gasteiger partial charge on any atom is -0.354 e. The first-order valence-electron chi connectivity index (χ1n) is 2.96. The molecular weight excluding hydrogens is 281 g/mol. The van der Waals surface area contributed by atoms with Crippen LogP contribution in [0, 0.1) is 0 Å². The van der Waals surface area contributed by atoms with Gasteiger partial charge in [-0.1, -0.05) is 22.6 Å². The minimum absolute atomic E-state index is 0.413. The van der Waals surface area contributed by atoms with Crippen LogP contribution in [0.4, 0.5) is 0 Å². The number of amides is 1. The summed E-state index contributed by atoms with van der Waals surface area (Å²) in [6, 6.07) is 0. The monoisotopic (exact) mass is 291 g/mol. The zero-order valence-electron chi connectivity index (χ0n) is 6.13. The van der Waals surface area contributed by atoms with Crippen molar-refractivity contribution in [3.8, 4) is 0 Å². The van der Waals surface area contributed by atoms with E-state index in [1.807, 2.05) is 0 Å². The summed E-state index contributed by atoms with van der Waals surface area (Å²) in [7, 11) is -3.17. The number of hydrogen-bond donors (Lipinski definition) is 1. The van der Waals surface area contributed by atoms with Gasteiger partial charge in [0.2, 0.25) is 5.91 Å². The molecule has 0 unspecified atom stereocenters. The quantitative estimate of drug-likeness (QED) is 0.565. The molecule has 0 aliphatic rings. The highest BCUT2D eigenvalue weighted by Gasteiger charge is 2.08. The van der Waals surface area contributed by atoms with Crippen LogP contribution in [0.5, 0.6) is 0 Å². The second kappa shape index (κ2) is 4.91. The zero-order chi connectivity index (χ0) is 8.91. The van der Waals surface area contributed by atoms with Crippen LogP contribution in [0.25, 0.3) is 0 Å². The van der Waals surface area contributed by atoms with Crippen molar-refractivity contribution in [1.29, 1.82) is 0 Å². The Morgan fingerprint density at radius 2 is 2.09 bits per heavy atom. The minimum atomic E-state index is -3.17. The average molecular weight is 291 g/mol. The van der Waals surface area contributed by atoms with E-state index >= 15 is 0 Å². The summed E-state index contributed by atoms with van der Waals surface area (Å²) < 4.78 is 21.9. The average Bonchev–Trinajstić information content (AvgIpc) is 1.79. The smallest absolute Gasteiger partial charge is 0.235 e. The molecule has 0 fully saturated rings. The van der Waals surface area contributed by atoms with Crippen molar-refractivity contribution < 1.29 is 13.2 Å². The number of nitrogens with one attached hydrogen (secondary N) is 1. The fourth-order valence-corrected chi connectivity index (χ4v) is 1.32. The third-order valence-corrected chi connectivity index (χ3v) is 2.14. The van der Waals surface area contributed by atoms with Crippen molar-refractivity contribution in [2.45, 2.75) is 0 Å². The summed E-state index contributed by atoms with van der Waals surface area (Å²) in [6.45, 7) is 0.523. The number of halogens is 1. The fourth-order valence-electron chi connectivity index (χ4n) is 0.476. The molecule has 0 saturated heterocycles. The summed E-state index contributed by atoms with van der Waals surface area (Å²) in [5.74, 6) is -0.840. The maximum atomic E-state index is 10.7. The molecule has 0 radical (unpaired) electrons. The van der Waals surface area contributed by atoms with Crippen molar-refractivity contribution in [3.05, 3.63) is 0 Å². The van der Waals surface area contributed by atoms with Crippen LogP contribution < -0.4 is 5.32 Å². The zero-order valence-corrected chi connectivity index (χ0v) is 9.11. The lowest BCUT2D eigenvalue weighted by atomic mass is 10.6. The highest BCUT2D eigenvalue weighted by atomic mass is 127. The van der Waals surface area contributed by atoms with Crippen LogP contribution in [0.1, 0.15) is 0 Å². The molecule has 0 aromatic rings. The Kier molecular flexibility index (Phi) is 4.98. The second-order valence-corrected chi connectivity index (χ2v) is 5.33. The van der Waals surface area contributed by atoms with Crippen molar-refractivity contribution in [2.75, 3.05) is 23.0 Å². The largest absolute Gasteiger partial charge is 0.354 e. The fraction of sp³-hybridized carbons (Fsp3) is 0.800. The highest BCUT2D eigenvalue weighted by Crippen LogP contribution is 1.82. The predicted octanol–water partition coefficient (Wildman–Crippen LogP) is -0.418. The molecule has 0 heterocycles. The Morgan fingerprint density at radius 1 is 1.55 bits per heavy atom. The van der Waals surface area contributed by atoms with Crippen molar-refractivity contribution in [1.82, 2.24) is 5.32 Å². The van der Waals surface area contributed by atoms with Gasteiger partial charge in [-0.3, -0.25) is 4.79 Å². The van der Waals surface area contributed by atoms with E-state index in [1.54, 1.807) is 0 Å². The van der Waals surface area contributed by atoms with Gasteiger partial charge in [0, 0.05) is 17.2 Å². The number of alkyl halides is 1. The van der Waals surface area contributed by atoms with Crippen molar-refractivity contribution in [3.63, 3.8) is 0 Å². The maximum absolute atomic E-state index is 10.7. The van der Waals surface area contributed by atoms with E-state index in [9.17, 15) is 13.2 Å². The molecule has 0 bridgehead atoms. The molecule has 4 nitrogen and oxygen atoms in total. The summed E-state index contributed by atoms with van der Waals surface area (Å²) in [5.41, 5.74) is 0. The molecule has 6 heteroatoms. The number of rotatable bonds is 4. The van der Waals surface area contributed by atoms with Crippen LogP contribution in [0.2, 0.25) is 0 Å². The van der Waals surface area contributed by atoms with E-state index in [1.165, 1.54) is 0 Å². The Morgan fingerprint density at radius 3 is 2.45 bits per heavy atom. The van der Waals surface area contributed by atoms with Crippen LogP contribution >= 0.6 is 22.6 Å². The summed E-state index contributed by atoms with van der Waals surface area (Å²) in [6.07, 6.45) is 1.04. The van der Waals surface area contributed by atoms with E-state index in [-0.39, 0.29) is 0 Å². The van der Waals surface area contributed by atoms with Gasteiger partial charge < -0.3 is 5.32 Å². The molecule has 0 atom stereocenters. The molecule has 0 aromatic heterocycles. The molecule has 1 N–H and O–H groups in total. The van der Waals surface area contributed by atoms with Gasteiger partial charge in [-0.15, -0.1) is 0 Å². The van der Waals surface area contributed by atoms with Crippen LogP contribution in [-0.4, -0.2) is 37.3 Å². The molecule has 66 valence electrons. The van der Waals surface area contributed by atoms with Gasteiger partial charge in [-0.05, 0) is 0 Å². The Hall–Kier alpha value is 0.150. The molecule has 0 aromatic carbocycles. The normalized spacial score (nSPS) is 11.1. The first-order valence-corrected chi connectivity index (χ1v) is 6.54. The summed E-state index contributed by atoms with van der Waals surface area (Å²) >= 11 is 2.09. The topological polar surface area (TPSA) is 63.2 Å². The maximum Gasteiger partial charge on any atom is 0.235 e. The van der Waals surface area contributed by atoms with E-state index < -0.39 is 21.5 Å². The lowest BCUT2D eigenvalue weighted by molar-refractivity contribution is -0.118. The van der Waals surface area contributed by atoms with Gasteiger partial charge >= 0.3 is 0 Å². The molecule has 0 spiro atoms. The van der Waals surface area contributed by atoms with Gasteiger partial charge in [-0.25, -0.2) is 8.42 Å². The van der Waals surface area contributed by atoms with Gasteiger partial charge in [0.15, 0.2) is 9.84 Å². The predicted molar refractivity (Wildman–Crippen MR) is 51.6 cm³/mol. The van der Waals surface area contributed by atoms with E-state index in [2.05, 4.69) is 27.9 Å². The van der Waals surface area contributed by atoms with E-state index in [4.69, 9.17) is 0 Å². The van der Waals surface area contributed by atoms with Gasteiger partial charge in [0.25, 0.3) is 0 Å². The first kappa shape index (κ1) is 11.2. The van der Waals surface area contributed by atoms with Crippen LogP contribution in [-0.2, 0) is 14.6 Å². The van der Waals surface area contributed by atoms with Crippen LogP contribution in [0.15, 0.2) is 0 Å². The third-order valence-electron chi connectivity index (χ3n) is 0.810. The summed E-state index contributed by atoms with van der Waals surface area (Å²) in [4.78, 5) is 10.7. The van der Waals surface area contributed by atoms with Crippen molar-refractivity contribution in [2.24, 2.45) is 0 Å². The second-order valence-electron chi connectivity index (χ2n) is 2.11. The molecule has 0 rings (SSSR count). The number of carbonyl (C=O) groups is 1. The summed E-state index contributed by atoms with van der Waals surface area (Å²) in [5, 5.41) is 2.46. The van der Waals surface area contributed by atoms with Crippen molar-refractivity contribution >= 4 is 38.3 Å². The molecular formula is C5H10INO3S. The van der Waals surface area contributed by atoms with Gasteiger partial charge in [0.05, 0.1) is 0 Å². The Balaban J connectivity index is 3.71. The van der Waals surface area contributed by atoms with Crippen LogP contribution in [0.3, 0.4) is 0 Å². The molecule has 11 heavy (non-hydrogen) atoms. The lowest BCUT2D eigenvalue weighted by Gasteiger charge is -1.99. The molecule has 0 aliphatic heterocycles. The molecule has 0 saturated carbocycles. The number of carbonyl (C=O) groups excluding carboxylic acids is 1. The SMILES string of the molecule is CS(=O)(=O)CC(=O)NCCI. The van der Waals surface area contributed by atoms with Gasteiger partial charge in [-0.2, -0.15) is 0 Å². The highest BCUT2D eigenvalue weighted by molar-refractivity contribution is 14.1. The Labute approximate surface area is 79.8 Å². The molecule has 0 aliphatic carbocycles.